The molecule has 6 nitrogen and oxygen atoms in total. The van der Waals surface area contributed by atoms with Gasteiger partial charge in [0.05, 0.1) is 0 Å². The second-order valence-electron chi connectivity index (χ2n) is 13.2. The molecule has 0 radical (unpaired) electrons. The van der Waals surface area contributed by atoms with Gasteiger partial charge in [-0.2, -0.15) is 0 Å². The van der Waals surface area contributed by atoms with Gasteiger partial charge >= 0.3 is 0 Å². The largest absolute Gasteiger partial charge is 0.421 e. The SMILES string of the molecule is Cc1ccc([C@H](Cc2nnc(-c3ccccc3)o2)c2ccc(Cl)cc2)cc1.Cc1ccc([C@H](Cc2nnc(-c3ccccc3)o2)c2ccc(Cl)cc2)cc1. The Balaban J connectivity index is 0.000000167. The molecule has 0 saturated heterocycles. The van der Waals surface area contributed by atoms with E-state index in [2.05, 4.69) is 107 Å². The summed E-state index contributed by atoms with van der Waals surface area (Å²) in [5.74, 6) is 2.57. The summed E-state index contributed by atoms with van der Waals surface area (Å²) >= 11 is 12.1. The summed E-state index contributed by atoms with van der Waals surface area (Å²) in [7, 11) is 0. The van der Waals surface area contributed by atoms with Crippen LogP contribution in [-0.4, -0.2) is 20.4 Å². The molecule has 2 aromatic heterocycles. The van der Waals surface area contributed by atoms with Crippen LogP contribution in [0.15, 0.2) is 167 Å². The molecule has 2 atom stereocenters. The highest BCUT2D eigenvalue weighted by Crippen LogP contribution is 2.32. The van der Waals surface area contributed by atoms with Crippen LogP contribution in [0, 0.1) is 13.8 Å². The zero-order valence-corrected chi connectivity index (χ0v) is 31.5. The molecule has 0 spiro atoms. The highest BCUT2D eigenvalue weighted by Gasteiger charge is 2.21. The Kier molecular flexibility index (Phi) is 11.7. The second kappa shape index (κ2) is 17.3. The third-order valence-corrected chi connectivity index (χ3v) is 9.74. The van der Waals surface area contributed by atoms with Crippen molar-refractivity contribution in [1.29, 1.82) is 0 Å². The van der Waals surface area contributed by atoms with E-state index >= 15 is 0 Å². The molecule has 0 unspecified atom stereocenters. The van der Waals surface area contributed by atoms with Crippen molar-refractivity contribution >= 4 is 23.2 Å². The molecule has 6 aromatic carbocycles. The van der Waals surface area contributed by atoms with Gasteiger partial charge < -0.3 is 8.83 Å². The summed E-state index contributed by atoms with van der Waals surface area (Å²) in [4.78, 5) is 0. The minimum absolute atomic E-state index is 0.118. The lowest BCUT2D eigenvalue weighted by atomic mass is 9.88. The van der Waals surface area contributed by atoms with E-state index in [-0.39, 0.29) is 11.8 Å². The van der Waals surface area contributed by atoms with Gasteiger partial charge in [-0.3, -0.25) is 0 Å². The van der Waals surface area contributed by atoms with Crippen LogP contribution >= 0.6 is 23.2 Å². The Morgan fingerprint density at radius 1 is 0.407 bits per heavy atom. The average molecular weight is 750 g/mol. The van der Waals surface area contributed by atoms with E-state index in [9.17, 15) is 0 Å². The third-order valence-electron chi connectivity index (χ3n) is 9.24. The number of aryl methyl sites for hydroxylation is 2. The molecular formula is C46H38Cl2N4O2. The number of halogens is 2. The fourth-order valence-corrected chi connectivity index (χ4v) is 6.51. The van der Waals surface area contributed by atoms with Crippen LogP contribution < -0.4 is 0 Å². The van der Waals surface area contributed by atoms with E-state index in [0.29, 0.717) is 36.4 Å². The van der Waals surface area contributed by atoms with Crippen LogP contribution in [0.4, 0.5) is 0 Å². The minimum Gasteiger partial charge on any atom is -0.421 e. The molecule has 0 aliphatic rings. The smallest absolute Gasteiger partial charge is 0.247 e. The molecule has 8 heteroatoms. The number of rotatable bonds is 10. The van der Waals surface area contributed by atoms with Crippen LogP contribution in [0.2, 0.25) is 10.0 Å². The quantitative estimate of drug-likeness (QED) is 0.139. The number of nitrogens with zero attached hydrogens (tertiary/aromatic N) is 4. The van der Waals surface area contributed by atoms with E-state index in [1.165, 1.54) is 33.4 Å². The Bertz CT molecular complexity index is 2100. The van der Waals surface area contributed by atoms with Gasteiger partial charge in [-0.25, -0.2) is 0 Å². The molecular weight excluding hydrogens is 711 g/mol. The van der Waals surface area contributed by atoms with Gasteiger partial charge in [-0.15, -0.1) is 20.4 Å². The Hall–Kier alpha value is -5.82. The minimum atomic E-state index is 0.118. The van der Waals surface area contributed by atoms with Crippen LogP contribution in [-0.2, 0) is 12.8 Å². The van der Waals surface area contributed by atoms with Gasteiger partial charge in [-0.1, -0.05) is 144 Å². The Labute approximate surface area is 325 Å². The summed E-state index contributed by atoms with van der Waals surface area (Å²) in [6.07, 6.45) is 1.26. The number of aromatic nitrogens is 4. The van der Waals surface area contributed by atoms with Gasteiger partial charge in [0.2, 0.25) is 23.6 Å². The average Bonchev–Trinajstić information content (AvgIpc) is 3.89. The highest BCUT2D eigenvalue weighted by molar-refractivity contribution is 6.30. The lowest BCUT2D eigenvalue weighted by molar-refractivity contribution is 0.493. The van der Waals surface area contributed by atoms with Crippen molar-refractivity contribution < 1.29 is 8.83 Å². The van der Waals surface area contributed by atoms with Gasteiger partial charge in [0.1, 0.15) is 0 Å². The molecule has 54 heavy (non-hydrogen) atoms. The molecule has 0 fully saturated rings. The zero-order chi connectivity index (χ0) is 37.3. The number of hydrogen-bond acceptors (Lipinski definition) is 6. The van der Waals surface area contributed by atoms with Crippen molar-refractivity contribution in [2.45, 2.75) is 38.5 Å². The molecule has 0 saturated carbocycles. The summed E-state index contributed by atoms with van der Waals surface area (Å²) in [5.41, 5.74) is 9.08. The fourth-order valence-electron chi connectivity index (χ4n) is 6.26. The monoisotopic (exact) mass is 748 g/mol. The van der Waals surface area contributed by atoms with Crippen molar-refractivity contribution in [2.75, 3.05) is 0 Å². The first-order valence-corrected chi connectivity index (χ1v) is 18.5. The molecule has 8 aromatic rings. The molecule has 0 amide bonds. The van der Waals surface area contributed by atoms with Crippen LogP contribution in [0.1, 0.15) is 57.0 Å². The van der Waals surface area contributed by atoms with Crippen molar-refractivity contribution in [3.05, 3.63) is 213 Å². The van der Waals surface area contributed by atoms with Gasteiger partial charge in [-0.05, 0) is 84.6 Å². The third kappa shape index (κ3) is 9.39. The Morgan fingerprint density at radius 2 is 0.722 bits per heavy atom. The predicted octanol–water partition coefficient (Wildman–Crippen LogP) is 12.1. The summed E-state index contributed by atoms with van der Waals surface area (Å²) in [6.45, 7) is 4.18. The van der Waals surface area contributed by atoms with Crippen molar-refractivity contribution in [1.82, 2.24) is 20.4 Å². The Morgan fingerprint density at radius 3 is 1.06 bits per heavy atom. The van der Waals surface area contributed by atoms with Crippen molar-refractivity contribution in [3.63, 3.8) is 0 Å². The maximum atomic E-state index is 6.07. The topological polar surface area (TPSA) is 77.8 Å². The standard InChI is InChI=1S/2C23H19ClN2O/c2*1-16-7-9-17(10-8-16)21(18-11-13-20(24)14-12-18)15-22-25-26-23(27-22)19-5-3-2-4-6-19/h2*2-14,21H,15H2,1H3/t2*21-/m00/s1. The van der Waals surface area contributed by atoms with Crippen LogP contribution in [0.5, 0.6) is 0 Å². The van der Waals surface area contributed by atoms with Gasteiger partial charge in [0.25, 0.3) is 0 Å². The van der Waals surface area contributed by atoms with E-state index in [1.54, 1.807) is 0 Å². The first kappa shape index (κ1) is 36.5. The molecule has 0 bridgehead atoms. The molecule has 0 aliphatic heterocycles. The number of benzene rings is 6. The van der Waals surface area contributed by atoms with E-state index in [4.69, 9.17) is 32.0 Å². The summed E-state index contributed by atoms with van der Waals surface area (Å²) in [5, 5.41) is 18.4. The molecule has 2 heterocycles. The molecule has 0 aliphatic carbocycles. The summed E-state index contributed by atoms with van der Waals surface area (Å²) < 4.78 is 11.9. The maximum absolute atomic E-state index is 6.07. The first-order chi connectivity index (χ1) is 26.4. The predicted molar refractivity (Wildman–Crippen MR) is 216 cm³/mol. The van der Waals surface area contributed by atoms with E-state index in [1.807, 2.05) is 84.9 Å². The van der Waals surface area contributed by atoms with Crippen molar-refractivity contribution in [3.8, 4) is 22.9 Å². The van der Waals surface area contributed by atoms with Crippen LogP contribution in [0.3, 0.4) is 0 Å². The van der Waals surface area contributed by atoms with Crippen LogP contribution in [0.25, 0.3) is 22.9 Å². The number of hydrogen-bond donors (Lipinski definition) is 0. The summed E-state index contributed by atoms with van der Waals surface area (Å²) in [6, 6.07) is 52.7. The van der Waals surface area contributed by atoms with E-state index < -0.39 is 0 Å². The lowest BCUT2D eigenvalue weighted by Crippen LogP contribution is -2.05. The molecule has 268 valence electrons. The maximum Gasteiger partial charge on any atom is 0.247 e. The zero-order valence-electron chi connectivity index (χ0n) is 29.9. The normalized spacial score (nSPS) is 12.1. The highest BCUT2D eigenvalue weighted by atomic mass is 35.5. The van der Waals surface area contributed by atoms with E-state index in [0.717, 1.165) is 21.2 Å². The van der Waals surface area contributed by atoms with Crippen molar-refractivity contribution in [2.24, 2.45) is 0 Å². The van der Waals surface area contributed by atoms with Gasteiger partial charge in [0, 0.05) is 45.8 Å². The molecule has 0 N–H and O–H groups in total. The lowest BCUT2D eigenvalue weighted by Gasteiger charge is -2.16. The second-order valence-corrected chi connectivity index (χ2v) is 14.0. The fraction of sp³-hybridized carbons (Fsp3) is 0.130. The first-order valence-electron chi connectivity index (χ1n) is 17.8. The molecule has 8 rings (SSSR count). The van der Waals surface area contributed by atoms with Gasteiger partial charge in [0.15, 0.2) is 0 Å².